The van der Waals surface area contributed by atoms with Gasteiger partial charge in [0.25, 0.3) is 0 Å². The van der Waals surface area contributed by atoms with Gasteiger partial charge in [-0.05, 0) is 44.6 Å². The summed E-state index contributed by atoms with van der Waals surface area (Å²) in [5.74, 6) is 0. The van der Waals surface area contributed by atoms with E-state index >= 15 is 0 Å². The number of nitrogens with zero attached hydrogens (tertiary/aromatic N) is 2. The van der Waals surface area contributed by atoms with Gasteiger partial charge in [-0.2, -0.15) is 5.10 Å². The number of aromatic nitrogens is 2. The van der Waals surface area contributed by atoms with E-state index in [1.807, 2.05) is 10.7 Å². The lowest BCUT2D eigenvalue weighted by atomic mass is 10.7. The fraction of sp³-hybridized carbons (Fsp3) is 0.667. The van der Waals surface area contributed by atoms with E-state index in [2.05, 4.69) is 63.3 Å². The minimum absolute atomic E-state index is 0.536. The van der Waals surface area contributed by atoms with Gasteiger partial charge < -0.3 is 4.74 Å². The summed E-state index contributed by atoms with van der Waals surface area (Å²) in [5, 5.41) is 4.29. The maximum atomic E-state index is 5.59. The molecule has 0 fully saturated rings. The third-order valence-corrected chi connectivity index (χ3v) is 4.78. The zero-order valence-electron chi connectivity index (χ0n) is 9.26. The molecule has 0 saturated carbocycles. The Morgan fingerprint density at radius 1 is 1.53 bits per heavy atom. The van der Waals surface area contributed by atoms with Gasteiger partial charge in [0, 0.05) is 20.7 Å². The van der Waals surface area contributed by atoms with Crippen molar-refractivity contribution in [2.45, 2.75) is 32.4 Å². The molecule has 0 unspecified atom stereocenters. The van der Waals surface area contributed by atoms with Gasteiger partial charge in [0.1, 0.15) is 15.0 Å². The molecule has 1 aromatic heterocycles. The topological polar surface area (TPSA) is 27.1 Å². The van der Waals surface area contributed by atoms with Crippen molar-refractivity contribution in [3.05, 3.63) is 14.4 Å². The smallest absolute Gasteiger partial charge is 0.140 e. The minimum Gasteiger partial charge on any atom is -0.359 e. The summed E-state index contributed by atoms with van der Waals surface area (Å²) in [5.41, 5.74) is 0. The van der Waals surface area contributed by atoms with Gasteiger partial charge in [-0.3, -0.25) is 0 Å². The third-order valence-electron chi connectivity index (χ3n) is 1.91. The maximum absolute atomic E-state index is 5.59. The number of hydrogen-bond acceptors (Lipinski definition) is 2. The van der Waals surface area contributed by atoms with E-state index in [-0.39, 0.29) is 0 Å². The van der Waals surface area contributed by atoms with Crippen LogP contribution in [0.15, 0.2) is 10.7 Å². The van der Waals surface area contributed by atoms with Gasteiger partial charge in [-0.25, -0.2) is 4.68 Å². The van der Waals surface area contributed by atoms with Gasteiger partial charge >= 0.3 is 0 Å². The zero-order chi connectivity index (χ0) is 11.5. The highest BCUT2D eigenvalue weighted by atomic mass is 127. The predicted molar refractivity (Wildman–Crippen MR) is 76.7 cm³/mol. The number of halogens is 2. The van der Waals surface area contributed by atoms with Crippen molar-refractivity contribution in [3.8, 4) is 0 Å². The molecule has 6 heteroatoms. The van der Waals surface area contributed by atoms with Crippen molar-refractivity contribution in [2.24, 2.45) is 0 Å². The van der Waals surface area contributed by atoms with Gasteiger partial charge in [0.15, 0.2) is 0 Å². The first-order chi connectivity index (χ1) is 6.88. The average Bonchev–Trinajstić information content (AvgIpc) is 2.37. The molecule has 1 heterocycles. The second-order valence-electron chi connectivity index (χ2n) is 4.64. The third kappa shape index (κ3) is 5.46. The van der Waals surface area contributed by atoms with Gasteiger partial charge in [0.2, 0.25) is 0 Å². The van der Waals surface area contributed by atoms with Crippen LogP contribution < -0.4 is 0 Å². The minimum atomic E-state index is -0.972. The van der Waals surface area contributed by atoms with Crippen LogP contribution in [-0.2, 0) is 11.5 Å². The van der Waals surface area contributed by atoms with Crippen molar-refractivity contribution in [3.63, 3.8) is 0 Å². The lowest BCUT2D eigenvalue weighted by molar-refractivity contribution is 0.0767. The lowest BCUT2D eigenvalue weighted by Gasteiger charge is -2.15. The molecule has 0 bridgehead atoms. The van der Waals surface area contributed by atoms with Crippen molar-refractivity contribution in [2.75, 3.05) is 6.61 Å². The predicted octanol–water partition coefficient (Wildman–Crippen LogP) is 3.56. The molecule has 0 aliphatic carbocycles. The second-order valence-corrected chi connectivity index (χ2v) is 12.2. The highest BCUT2D eigenvalue weighted by Gasteiger charge is 2.12. The Labute approximate surface area is 114 Å². The van der Waals surface area contributed by atoms with E-state index < -0.39 is 8.07 Å². The molecule has 0 aliphatic heterocycles. The zero-order valence-corrected chi connectivity index (χ0v) is 14.0. The normalized spacial score (nSPS) is 12.1. The molecule has 86 valence electrons. The summed E-state index contributed by atoms with van der Waals surface area (Å²) >= 11 is 5.62. The van der Waals surface area contributed by atoms with Crippen LogP contribution in [0.4, 0.5) is 0 Å². The molecule has 0 amide bonds. The molecule has 0 aromatic carbocycles. The largest absolute Gasteiger partial charge is 0.359 e. The molecule has 0 atom stereocenters. The Balaban J connectivity index is 2.29. The summed E-state index contributed by atoms with van der Waals surface area (Å²) in [6.07, 6.45) is 0. The highest BCUT2D eigenvalue weighted by molar-refractivity contribution is 14.1. The van der Waals surface area contributed by atoms with Crippen LogP contribution in [0.5, 0.6) is 0 Å². The number of rotatable bonds is 5. The number of hydrogen-bond donors (Lipinski definition) is 0. The first-order valence-corrected chi connectivity index (χ1v) is 10.4. The van der Waals surface area contributed by atoms with Crippen LogP contribution in [0.25, 0.3) is 0 Å². The van der Waals surface area contributed by atoms with Gasteiger partial charge in [0.05, 0.1) is 0 Å². The molecule has 3 nitrogen and oxygen atoms in total. The quantitative estimate of drug-likeness (QED) is 0.427. The first kappa shape index (κ1) is 13.7. The van der Waals surface area contributed by atoms with Crippen molar-refractivity contribution in [1.29, 1.82) is 0 Å². The molecule has 1 rings (SSSR count). The standard InChI is InChI=1S/C9H16BrIN2OSi/c1-15(2,3)5-4-14-7-13-8(10)6-9(11)12-13/h6H,4-5,7H2,1-3H3. The number of ether oxygens (including phenoxy) is 1. The van der Waals surface area contributed by atoms with Crippen LogP contribution in [-0.4, -0.2) is 24.5 Å². The molecule has 1 aromatic rings. The summed E-state index contributed by atoms with van der Waals surface area (Å²) in [7, 11) is -0.972. The molecule has 15 heavy (non-hydrogen) atoms. The van der Waals surface area contributed by atoms with Crippen LogP contribution >= 0.6 is 38.5 Å². The monoisotopic (exact) mass is 402 g/mol. The van der Waals surface area contributed by atoms with E-state index in [1.54, 1.807) is 0 Å². The van der Waals surface area contributed by atoms with E-state index in [9.17, 15) is 0 Å². The summed E-state index contributed by atoms with van der Waals surface area (Å²) in [4.78, 5) is 0. The van der Waals surface area contributed by atoms with Crippen LogP contribution in [0.3, 0.4) is 0 Å². The summed E-state index contributed by atoms with van der Waals surface area (Å²) in [6.45, 7) is 8.42. The Bertz CT molecular complexity index is 324. The molecular formula is C9H16BrIN2OSi. The van der Waals surface area contributed by atoms with Gasteiger partial charge in [-0.15, -0.1) is 0 Å². The average molecular weight is 403 g/mol. The van der Waals surface area contributed by atoms with Crippen LogP contribution in [0.1, 0.15) is 0 Å². The molecule has 0 spiro atoms. The van der Waals surface area contributed by atoms with E-state index in [4.69, 9.17) is 4.74 Å². The van der Waals surface area contributed by atoms with E-state index in [0.29, 0.717) is 6.73 Å². The molecular weight excluding hydrogens is 387 g/mol. The van der Waals surface area contributed by atoms with Crippen molar-refractivity contribution < 1.29 is 4.74 Å². The van der Waals surface area contributed by atoms with Crippen LogP contribution in [0.2, 0.25) is 25.7 Å². The highest BCUT2D eigenvalue weighted by Crippen LogP contribution is 2.14. The fourth-order valence-corrected chi connectivity index (χ4v) is 3.12. The summed E-state index contributed by atoms with van der Waals surface area (Å²) < 4.78 is 9.37. The summed E-state index contributed by atoms with van der Waals surface area (Å²) in [6, 6.07) is 3.17. The SMILES string of the molecule is C[Si](C)(C)CCOCn1nc(I)cc1Br. The Hall–Kier alpha value is 0.597. The Kier molecular flexibility index (Phi) is 5.27. The second kappa shape index (κ2) is 5.79. The van der Waals surface area contributed by atoms with E-state index in [0.717, 1.165) is 14.9 Å². The van der Waals surface area contributed by atoms with E-state index in [1.165, 1.54) is 6.04 Å². The Morgan fingerprint density at radius 3 is 2.67 bits per heavy atom. The van der Waals surface area contributed by atoms with Gasteiger partial charge in [-0.1, -0.05) is 19.6 Å². The van der Waals surface area contributed by atoms with Crippen molar-refractivity contribution >= 4 is 46.6 Å². The molecule has 0 aliphatic rings. The maximum Gasteiger partial charge on any atom is 0.140 e. The first-order valence-electron chi connectivity index (χ1n) is 4.85. The molecule has 0 N–H and O–H groups in total. The molecule has 0 saturated heterocycles. The lowest BCUT2D eigenvalue weighted by Crippen LogP contribution is -2.22. The van der Waals surface area contributed by atoms with Crippen LogP contribution in [0, 0.1) is 3.70 Å². The van der Waals surface area contributed by atoms with Crippen molar-refractivity contribution in [1.82, 2.24) is 9.78 Å². The fourth-order valence-electron chi connectivity index (χ4n) is 0.985. The molecule has 0 radical (unpaired) electrons. The Morgan fingerprint density at radius 2 is 2.20 bits per heavy atom.